The minimum Gasteiger partial charge on any atom is -0.397 e. The number of nitrogens with two attached hydrogens (primary N) is 1. The van der Waals surface area contributed by atoms with Crippen LogP contribution in [0.25, 0.3) is 0 Å². The van der Waals surface area contributed by atoms with Gasteiger partial charge in [0.15, 0.2) is 0 Å². The number of aliphatic hydroxyl groups is 1. The molecule has 1 rings (SSSR count). The number of aromatic nitrogens is 1. The third-order valence-corrected chi connectivity index (χ3v) is 1.38. The Kier molecular flexibility index (Phi) is 1.87. The molecular weight excluding hydrogens is 128 g/mol. The average molecular weight is 138 g/mol. The van der Waals surface area contributed by atoms with Crippen molar-refractivity contribution in [3.63, 3.8) is 0 Å². The van der Waals surface area contributed by atoms with E-state index in [4.69, 9.17) is 10.8 Å². The van der Waals surface area contributed by atoms with Crippen LogP contribution in [0, 0.1) is 6.92 Å². The fourth-order valence-corrected chi connectivity index (χ4v) is 0.757. The maximum absolute atomic E-state index is 8.75. The third kappa shape index (κ3) is 1.25. The highest BCUT2D eigenvalue weighted by Crippen LogP contribution is 2.08. The maximum Gasteiger partial charge on any atom is 0.0700 e. The first-order valence-electron chi connectivity index (χ1n) is 3.06. The zero-order valence-corrected chi connectivity index (χ0v) is 5.83. The van der Waals surface area contributed by atoms with Gasteiger partial charge in [-0.2, -0.15) is 0 Å². The molecule has 3 N–H and O–H groups in total. The molecule has 0 saturated carbocycles. The minimum absolute atomic E-state index is 0.00384. The molecule has 0 aliphatic carbocycles. The molecule has 0 unspecified atom stereocenters. The molecule has 0 spiro atoms. The van der Waals surface area contributed by atoms with Crippen LogP contribution < -0.4 is 5.73 Å². The number of aliphatic hydroxyl groups excluding tert-OH is 1. The Morgan fingerprint density at radius 1 is 1.70 bits per heavy atom. The van der Waals surface area contributed by atoms with E-state index in [0.717, 1.165) is 11.3 Å². The van der Waals surface area contributed by atoms with Gasteiger partial charge >= 0.3 is 0 Å². The molecule has 0 aliphatic heterocycles. The van der Waals surface area contributed by atoms with Gasteiger partial charge in [-0.1, -0.05) is 0 Å². The number of nitrogen functional groups attached to an aromatic ring is 1. The molecule has 0 aromatic carbocycles. The highest BCUT2D eigenvalue weighted by Gasteiger charge is 1.96. The molecule has 3 nitrogen and oxygen atoms in total. The van der Waals surface area contributed by atoms with Crippen LogP contribution in [-0.4, -0.2) is 10.1 Å². The molecule has 1 aromatic rings. The van der Waals surface area contributed by atoms with Gasteiger partial charge in [-0.05, 0) is 13.0 Å². The first kappa shape index (κ1) is 7.02. The zero-order valence-electron chi connectivity index (χ0n) is 5.83. The summed E-state index contributed by atoms with van der Waals surface area (Å²) in [4.78, 5) is 3.96. The number of rotatable bonds is 1. The summed E-state index contributed by atoms with van der Waals surface area (Å²) < 4.78 is 0. The quantitative estimate of drug-likeness (QED) is 0.592. The predicted octanol–water partition coefficient (Wildman–Crippen LogP) is 0.465. The summed E-state index contributed by atoms with van der Waals surface area (Å²) in [5.41, 5.74) is 7.64. The molecular formula is C7H10N2O. The topological polar surface area (TPSA) is 59.1 Å². The highest BCUT2D eigenvalue weighted by atomic mass is 16.3. The highest BCUT2D eigenvalue weighted by molar-refractivity contribution is 5.39. The van der Waals surface area contributed by atoms with Crippen molar-refractivity contribution < 1.29 is 5.11 Å². The fourth-order valence-electron chi connectivity index (χ4n) is 0.757. The third-order valence-electron chi connectivity index (χ3n) is 1.38. The van der Waals surface area contributed by atoms with E-state index in [1.54, 1.807) is 12.3 Å². The largest absolute Gasteiger partial charge is 0.397 e. The van der Waals surface area contributed by atoms with Crippen LogP contribution >= 0.6 is 0 Å². The number of aryl methyl sites for hydroxylation is 1. The van der Waals surface area contributed by atoms with Gasteiger partial charge in [-0.15, -0.1) is 0 Å². The van der Waals surface area contributed by atoms with Crippen LogP contribution in [0.4, 0.5) is 5.69 Å². The Balaban J connectivity index is 3.09. The van der Waals surface area contributed by atoms with Crippen LogP contribution in [0.5, 0.6) is 0 Å². The number of hydrogen-bond donors (Lipinski definition) is 2. The fraction of sp³-hybridized carbons (Fsp3) is 0.286. The molecule has 0 amide bonds. The molecule has 0 radical (unpaired) electrons. The van der Waals surface area contributed by atoms with Gasteiger partial charge in [0.25, 0.3) is 0 Å². The van der Waals surface area contributed by atoms with Crippen LogP contribution in [0.2, 0.25) is 0 Å². The summed E-state index contributed by atoms with van der Waals surface area (Å²) in [5, 5.41) is 8.75. The van der Waals surface area contributed by atoms with Crippen molar-refractivity contribution in [3.8, 4) is 0 Å². The Labute approximate surface area is 59.5 Å². The first-order chi connectivity index (χ1) is 4.74. The van der Waals surface area contributed by atoms with Crippen molar-refractivity contribution in [2.75, 3.05) is 5.73 Å². The Bertz CT molecular complexity index is 235. The van der Waals surface area contributed by atoms with Crippen LogP contribution in [-0.2, 0) is 6.61 Å². The van der Waals surface area contributed by atoms with Crippen molar-refractivity contribution in [1.82, 2.24) is 4.98 Å². The molecule has 1 heterocycles. The van der Waals surface area contributed by atoms with Crippen molar-refractivity contribution in [2.45, 2.75) is 13.5 Å². The van der Waals surface area contributed by atoms with E-state index >= 15 is 0 Å². The van der Waals surface area contributed by atoms with Gasteiger partial charge in [0, 0.05) is 11.3 Å². The summed E-state index contributed by atoms with van der Waals surface area (Å²) in [6.45, 7) is 1.84. The maximum atomic E-state index is 8.75. The van der Waals surface area contributed by atoms with Crippen molar-refractivity contribution in [3.05, 3.63) is 23.5 Å². The van der Waals surface area contributed by atoms with Gasteiger partial charge in [0.1, 0.15) is 0 Å². The SMILES string of the molecule is Cc1ncc(N)cc1CO. The Hall–Kier alpha value is -1.09. The first-order valence-corrected chi connectivity index (χ1v) is 3.06. The summed E-state index contributed by atoms with van der Waals surface area (Å²) in [6, 6.07) is 1.72. The summed E-state index contributed by atoms with van der Waals surface area (Å²) in [5.74, 6) is 0. The number of nitrogens with zero attached hydrogens (tertiary/aromatic N) is 1. The molecule has 0 bridgehead atoms. The number of anilines is 1. The molecule has 0 saturated heterocycles. The normalized spacial score (nSPS) is 9.80. The van der Waals surface area contributed by atoms with Gasteiger partial charge in [-0.3, -0.25) is 4.98 Å². The number of hydrogen-bond acceptors (Lipinski definition) is 3. The molecule has 0 atom stereocenters. The zero-order chi connectivity index (χ0) is 7.56. The van der Waals surface area contributed by atoms with Gasteiger partial charge < -0.3 is 10.8 Å². The molecule has 1 aromatic heterocycles. The van der Waals surface area contributed by atoms with E-state index in [9.17, 15) is 0 Å². The second-order valence-corrected chi connectivity index (χ2v) is 2.17. The van der Waals surface area contributed by atoms with Gasteiger partial charge in [0.2, 0.25) is 0 Å². The Morgan fingerprint density at radius 3 is 2.90 bits per heavy atom. The molecule has 0 aliphatic rings. The van der Waals surface area contributed by atoms with Crippen LogP contribution in [0.3, 0.4) is 0 Å². The van der Waals surface area contributed by atoms with Crippen LogP contribution in [0.15, 0.2) is 12.3 Å². The van der Waals surface area contributed by atoms with E-state index < -0.39 is 0 Å². The van der Waals surface area contributed by atoms with E-state index in [2.05, 4.69) is 4.98 Å². The molecule has 3 heteroatoms. The second-order valence-electron chi connectivity index (χ2n) is 2.17. The van der Waals surface area contributed by atoms with E-state index in [0.29, 0.717) is 5.69 Å². The molecule has 10 heavy (non-hydrogen) atoms. The summed E-state index contributed by atoms with van der Waals surface area (Å²) in [6.07, 6.45) is 1.58. The summed E-state index contributed by atoms with van der Waals surface area (Å²) in [7, 11) is 0. The van der Waals surface area contributed by atoms with E-state index in [1.165, 1.54) is 0 Å². The van der Waals surface area contributed by atoms with Gasteiger partial charge in [-0.25, -0.2) is 0 Å². The van der Waals surface area contributed by atoms with Crippen molar-refractivity contribution in [2.24, 2.45) is 0 Å². The Morgan fingerprint density at radius 2 is 2.40 bits per heavy atom. The van der Waals surface area contributed by atoms with E-state index in [-0.39, 0.29) is 6.61 Å². The number of pyridine rings is 1. The molecule has 0 fully saturated rings. The lowest BCUT2D eigenvalue weighted by atomic mass is 10.2. The smallest absolute Gasteiger partial charge is 0.0700 e. The van der Waals surface area contributed by atoms with Gasteiger partial charge in [0.05, 0.1) is 18.5 Å². The lowest BCUT2D eigenvalue weighted by Crippen LogP contribution is -1.95. The van der Waals surface area contributed by atoms with Crippen LogP contribution in [0.1, 0.15) is 11.3 Å². The standard InChI is InChI=1S/C7H10N2O/c1-5-6(4-10)2-7(8)3-9-5/h2-3,10H,4,8H2,1H3. The summed E-state index contributed by atoms with van der Waals surface area (Å²) >= 11 is 0. The minimum atomic E-state index is 0.00384. The lowest BCUT2D eigenvalue weighted by Gasteiger charge is -2.00. The van der Waals surface area contributed by atoms with E-state index in [1.807, 2.05) is 6.92 Å². The average Bonchev–Trinajstić information content (AvgIpc) is 1.94. The predicted molar refractivity (Wildman–Crippen MR) is 39.3 cm³/mol. The monoisotopic (exact) mass is 138 g/mol. The second kappa shape index (κ2) is 2.66. The molecule has 54 valence electrons. The van der Waals surface area contributed by atoms with Crippen molar-refractivity contribution in [1.29, 1.82) is 0 Å². The van der Waals surface area contributed by atoms with Crippen molar-refractivity contribution >= 4 is 5.69 Å². The lowest BCUT2D eigenvalue weighted by molar-refractivity contribution is 0.280.